The molecule has 98 valence electrons. The smallest absolute Gasteiger partial charge is 0.336 e. The second kappa shape index (κ2) is 5.06. The summed E-state index contributed by atoms with van der Waals surface area (Å²) in [5.74, 6) is -3.25. The molecule has 0 amide bonds. The molecule has 5 heteroatoms. The topological polar surface area (TPSA) is 46.5 Å². The van der Waals surface area contributed by atoms with Crippen LogP contribution in [0, 0.1) is 11.6 Å². The van der Waals surface area contributed by atoms with Crippen LogP contribution in [0.2, 0.25) is 0 Å². The quantitative estimate of drug-likeness (QED) is 0.924. The molecule has 0 saturated carbocycles. The summed E-state index contributed by atoms with van der Waals surface area (Å²) >= 11 is 0. The van der Waals surface area contributed by atoms with E-state index in [4.69, 9.17) is 9.84 Å². The van der Waals surface area contributed by atoms with E-state index in [0.717, 1.165) is 6.07 Å². The van der Waals surface area contributed by atoms with Gasteiger partial charge in [-0.05, 0) is 18.2 Å². The van der Waals surface area contributed by atoms with Crippen LogP contribution in [0.25, 0.3) is 11.1 Å². The third kappa shape index (κ3) is 2.40. The maximum absolute atomic E-state index is 13.3. The van der Waals surface area contributed by atoms with Crippen LogP contribution in [0.1, 0.15) is 10.4 Å². The van der Waals surface area contributed by atoms with Crippen LogP contribution in [0.5, 0.6) is 5.75 Å². The van der Waals surface area contributed by atoms with Crippen molar-refractivity contribution >= 4 is 5.97 Å². The zero-order chi connectivity index (χ0) is 14.0. The molecule has 0 atom stereocenters. The fraction of sp³-hybridized carbons (Fsp3) is 0.0714. The van der Waals surface area contributed by atoms with Crippen LogP contribution in [-0.4, -0.2) is 18.2 Å². The van der Waals surface area contributed by atoms with Crippen LogP contribution in [0.4, 0.5) is 8.78 Å². The minimum absolute atomic E-state index is 0.0730. The zero-order valence-corrected chi connectivity index (χ0v) is 9.98. The molecule has 3 nitrogen and oxygen atoms in total. The monoisotopic (exact) mass is 264 g/mol. The van der Waals surface area contributed by atoms with Crippen molar-refractivity contribution in [1.82, 2.24) is 0 Å². The lowest BCUT2D eigenvalue weighted by Crippen LogP contribution is -2.03. The Morgan fingerprint density at radius 3 is 2.37 bits per heavy atom. The molecule has 0 aliphatic heterocycles. The highest BCUT2D eigenvalue weighted by Gasteiger charge is 2.18. The van der Waals surface area contributed by atoms with Gasteiger partial charge in [-0.1, -0.05) is 18.2 Å². The molecule has 2 rings (SSSR count). The van der Waals surface area contributed by atoms with Gasteiger partial charge < -0.3 is 9.84 Å². The van der Waals surface area contributed by atoms with Gasteiger partial charge in [0.05, 0.1) is 12.7 Å². The van der Waals surface area contributed by atoms with E-state index in [0.29, 0.717) is 17.4 Å². The Hall–Kier alpha value is -2.43. The molecule has 0 heterocycles. The number of carbonyl (C=O) groups is 1. The number of hydrogen-bond acceptors (Lipinski definition) is 2. The largest absolute Gasteiger partial charge is 0.496 e. The van der Waals surface area contributed by atoms with E-state index in [1.807, 2.05) is 0 Å². The predicted octanol–water partition coefficient (Wildman–Crippen LogP) is 3.34. The lowest BCUT2D eigenvalue weighted by atomic mass is 9.98. The molecule has 0 bridgehead atoms. The first-order valence-electron chi connectivity index (χ1n) is 5.40. The Morgan fingerprint density at radius 1 is 1.11 bits per heavy atom. The fourth-order valence-corrected chi connectivity index (χ4v) is 1.81. The number of halogens is 2. The Labute approximate surface area is 108 Å². The highest BCUT2D eigenvalue weighted by Crippen LogP contribution is 2.33. The van der Waals surface area contributed by atoms with Gasteiger partial charge in [0.25, 0.3) is 0 Å². The SMILES string of the molecule is COc1ccccc1-c1cc(F)c(F)cc1C(=O)O. The molecule has 2 aromatic rings. The van der Waals surface area contributed by atoms with Crippen LogP contribution in [-0.2, 0) is 0 Å². The summed E-state index contributed by atoms with van der Waals surface area (Å²) < 4.78 is 31.6. The molecule has 0 aromatic heterocycles. The molecule has 0 fully saturated rings. The van der Waals surface area contributed by atoms with Crippen molar-refractivity contribution < 1.29 is 23.4 Å². The number of rotatable bonds is 3. The van der Waals surface area contributed by atoms with E-state index in [2.05, 4.69) is 0 Å². The predicted molar refractivity (Wildman–Crippen MR) is 65.3 cm³/mol. The molecular weight excluding hydrogens is 254 g/mol. The van der Waals surface area contributed by atoms with Crippen LogP contribution < -0.4 is 4.74 Å². The van der Waals surface area contributed by atoms with Gasteiger partial charge in [-0.25, -0.2) is 13.6 Å². The lowest BCUT2D eigenvalue weighted by molar-refractivity contribution is 0.0697. The van der Waals surface area contributed by atoms with Crippen molar-refractivity contribution in [3.05, 3.63) is 53.6 Å². The van der Waals surface area contributed by atoms with Gasteiger partial charge in [-0.3, -0.25) is 0 Å². The average molecular weight is 264 g/mol. The highest BCUT2D eigenvalue weighted by molar-refractivity contribution is 5.97. The van der Waals surface area contributed by atoms with Gasteiger partial charge in [0, 0.05) is 11.1 Å². The van der Waals surface area contributed by atoms with Crippen molar-refractivity contribution in [2.75, 3.05) is 7.11 Å². The molecule has 19 heavy (non-hydrogen) atoms. The summed E-state index contributed by atoms with van der Waals surface area (Å²) in [6.07, 6.45) is 0. The molecule has 2 aromatic carbocycles. The van der Waals surface area contributed by atoms with Crippen molar-refractivity contribution in [3.8, 4) is 16.9 Å². The molecule has 0 unspecified atom stereocenters. The number of aromatic carboxylic acids is 1. The molecule has 0 aliphatic carbocycles. The molecule has 0 saturated heterocycles. The third-order valence-electron chi connectivity index (χ3n) is 2.69. The van der Waals surface area contributed by atoms with E-state index in [-0.39, 0.29) is 11.1 Å². The lowest BCUT2D eigenvalue weighted by Gasteiger charge is -2.11. The summed E-state index contributed by atoms with van der Waals surface area (Å²) in [5, 5.41) is 9.08. The van der Waals surface area contributed by atoms with Gasteiger partial charge in [0.15, 0.2) is 11.6 Å². The maximum Gasteiger partial charge on any atom is 0.336 e. The van der Waals surface area contributed by atoms with Crippen molar-refractivity contribution in [1.29, 1.82) is 0 Å². The zero-order valence-electron chi connectivity index (χ0n) is 9.98. The molecule has 0 aliphatic rings. The average Bonchev–Trinajstić information content (AvgIpc) is 2.41. The van der Waals surface area contributed by atoms with E-state index in [1.54, 1.807) is 24.3 Å². The second-order valence-corrected chi connectivity index (χ2v) is 3.82. The van der Waals surface area contributed by atoms with Gasteiger partial charge in [0.1, 0.15) is 5.75 Å². The highest BCUT2D eigenvalue weighted by atomic mass is 19.2. The van der Waals surface area contributed by atoms with E-state index in [9.17, 15) is 13.6 Å². The maximum atomic E-state index is 13.3. The molecule has 0 radical (unpaired) electrons. The summed E-state index contributed by atoms with van der Waals surface area (Å²) in [7, 11) is 1.42. The minimum atomic E-state index is -1.33. The Balaban J connectivity index is 2.74. The molecule has 0 spiro atoms. The van der Waals surface area contributed by atoms with Crippen LogP contribution in [0.3, 0.4) is 0 Å². The van der Waals surface area contributed by atoms with Gasteiger partial charge in [0.2, 0.25) is 0 Å². The van der Waals surface area contributed by atoms with Crippen LogP contribution in [0.15, 0.2) is 36.4 Å². The van der Waals surface area contributed by atoms with E-state index < -0.39 is 17.6 Å². The van der Waals surface area contributed by atoms with Crippen molar-refractivity contribution in [2.24, 2.45) is 0 Å². The van der Waals surface area contributed by atoms with Gasteiger partial charge in [-0.2, -0.15) is 0 Å². The number of benzene rings is 2. The Kier molecular flexibility index (Phi) is 3.46. The van der Waals surface area contributed by atoms with E-state index >= 15 is 0 Å². The van der Waals surface area contributed by atoms with Crippen molar-refractivity contribution in [2.45, 2.75) is 0 Å². The Morgan fingerprint density at radius 2 is 1.74 bits per heavy atom. The minimum Gasteiger partial charge on any atom is -0.496 e. The normalized spacial score (nSPS) is 10.3. The summed E-state index contributed by atoms with van der Waals surface area (Å²) in [6.45, 7) is 0. The summed E-state index contributed by atoms with van der Waals surface area (Å²) in [4.78, 5) is 11.1. The number of carboxylic acids is 1. The number of para-hydroxylation sites is 1. The summed E-state index contributed by atoms with van der Waals surface area (Å²) in [5.41, 5.74) is 0.147. The molecule has 1 N–H and O–H groups in total. The number of carboxylic acid groups (broad SMARTS) is 1. The third-order valence-corrected chi connectivity index (χ3v) is 2.69. The Bertz CT molecular complexity index is 639. The van der Waals surface area contributed by atoms with Gasteiger partial charge >= 0.3 is 5.97 Å². The van der Waals surface area contributed by atoms with Crippen LogP contribution >= 0.6 is 0 Å². The summed E-state index contributed by atoms with van der Waals surface area (Å²) in [6, 6.07) is 8.07. The fourth-order valence-electron chi connectivity index (χ4n) is 1.81. The van der Waals surface area contributed by atoms with Crippen molar-refractivity contribution in [3.63, 3.8) is 0 Å². The molecular formula is C14H10F2O3. The number of ether oxygens (including phenoxy) is 1. The first kappa shape index (κ1) is 13.0. The number of methoxy groups -OCH3 is 1. The van der Waals surface area contributed by atoms with Gasteiger partial charge in [-0.15, -0.1) is 0 Å². The second-order valence-electron chi connectivity index (χ2n) is 3.82. The first-order chi connectivity index (χ1) is 9.04. The number of hydrogen-bond donors (Lipinski definition) is 1. The standard InChI is InChI=1S/C14H10F2O3/c1-19-13-5-3-2-4-8(13)9-6-11(15)12(16)7-10(9)14(17)18/h2-7H,1H3,(H,17,18). The first-order valence-corrected chi connectivity index (χ1v) is 5.40. The van der Waals surface area contributed by atoms with E-state index in [1.165, 1.54) is 7.11 Å².